The molecule has 1 amide bonds. The van der Waals surface area contributed by atoms with E-state index in [1.54, 1.807) is 0 Å². The zero-order chi connectivity index (χ0) is 17.7. The van der Waals surface area contributed by atoms with E-state index >= 15 is 0 Å². The highest BCUT2D eigenvalue weighted by Crippen LogP contribution is 2.34. The van der Waals surface area contributed by atoms with Gasteiger partial charge in [-0.15, -0.1) is 0 Å². The molecule has 2 unspecified atom stereocenters. The van der Waals surface area contributed by atoms with Crippen LogP contribution in [-0.4, -0.2) is 38.8 Å². The molecule has 2 aliphatic rings. The van der Waals surface area contributed by atoms with Gasteiger partial charge >= 0.3 is 0 Å². The van der Waals surface area contributed by atoms with Crippen molar-refractivity contribution in [2.24, 2.45) is 17.1 Å². The van der Waals surface area contributed by atoms with Gasteiger partial charge in [0.15, 0.2) is 0 Å². The summed E-state index contributed by atoms with van der Waals surface area (Å²) in [5.41, 5.74) is 7.92. The maximum Gasteiger partial charge on any atom is 0.227 e. The fraction of sp³-hybridized carbons (Fsp3) is 0.650. The van der Waals surface area contributed by atoms with Gasteiger partial charge in [0.05, 0.1) is 11.5 Å². The Kier molecular flexibility index (Phi) is 6.10. The maximum absolute atomic E-state index is 12.8. The third kappa shape index (κ3) is 4.22. The molecule has 2 atom stereocenters. The molecule has 1 aromatic carbocycles. The van der Waals surface area contributed by atoms with Gasteiger partial charge in [-0.1, -0.05) is 29.8 Å². The van der Waals surface area contributed by atoms with Crippen LogP contribution in [0.2, 0.25) is 0 Å². The maximum atomic E-state index is 12.8. The lowest BCUT2D eigenvalue weighted by Crippen LogP contribution is -2.50. The van der Waals surface area contributed by atoms with E-state index in [-0.39, 0.29) is 12.0 Å². The number of nitrogens with one attached hydrogen (secondary N) is 1. The summed E-state index contributed by atoms with van der Waals surface area (Å²) < 4.78 is 11.4. The molecule has 25 heavy (non-hydrogen) atoms. The summed E-state index contributed by atoms with van der Waals surface area (Å²) in [6.07, 6.45) is 3.57. The van der Waals surface area contributed by atoms with Gasteiger partial charge in [0.25, 0.3) is 0 Å². The molecule has 138 valence electrons. The lowest BCUT2D eigenvalue weighted by Gasteiger charge is -2.36. The molecule has 2 fully saturated rings. The molecule has 0 bridgehead atoms. The Morgan fingerprint density at radius 3 is 2.64 bits per heavy atom. The summed E-state index contributed by atoms with van der Waals surface area (Å²) in [6, 6.07) is 8.52. The van der Waals surface area contributed by atoms with E-state index in [4.69, 9.17) is 15.2 Å². The SMILES string of the molecule is Cc1ccc(C2OCCCC2CNC(=O)C2(CN)CCOCC2)cc1. The molecule has 0 aliphatic carbocycles. The third-order valence-corrected chi connectivity index (χ3v) is 5.70. The van der Waals surface area contributed by atoms with Crippen molar-refractivity contribution in [2.75, 3.05) is 32.9 Å². The first kappa shape index (κ1) is 18.4. The minimum atomic E-state index is -0.465. The highest BCUT2D eigenvalue weighted by atomic mass is 16.5. The van der Waals surface area contributed by atoms with E-state index in [1.165, 1.54) is 11.1 Å². The Balaban J connectivity index is 1.63. The second kappa shape index (κ2) is 8.30. The quantitative estimate of drug-likeness (QED) is 0.858. The molecule has 1 aromatic rings. The Morgan fingerprint density at radius 1 is 1.24 bits per heavy atom. The molecular formula is C20H30N2O3. The van der Waals surface area contributed by atoms with Crippen LogP contribution in [0.3, 0.4) is 0 Å². The number of benzene rings is 1. The Hall–Kier alpha value is -1.43. The van der Waals surface area contributed by atoms with Gasteiger partial charge in [-0.3, -0.25) is 4.79 Å². The first-order chi connectivity index (χ1) is 12.1. The number of carbonyl (C=O) groups is 1. The van der Waals surface area contributed by atoms with Crippen LogP contribution in [0.5, 0.6) is 0 Å². The van der Waals surface area contributed by atoms with E-state index in [9.17, 15) is 4.79 Å². The van der Waals surface area contributed by atoms with Crippen LogP contribution in [0.15, 0.2) is 24.3 Å². The van der Waals surface area contributed by atoms with E-state index in [0.717, 1.165) is 19.4 Å². The van der Waals surface area contributed by atoms with Gasteiger partial charge in [-0.25, -0.2) is 0 Å². The van der Waals surface area contributed by atoms with Crippen LogP contribution in [-0.2, 0) is 14.3 Å². The molecule has 5 heteroatoms. The van der Waals surface area contributed by atoms with E-state index in [2.05, 4.69) is 36.5 Å². The first-order valence-electron chi connectivity index (χ1n) is 9.39. The minimum absolute atomic E-state index is 0.0539. The molecule has 3 rings (SSSR count). The zero-order valence-corrected chi connectivity index (χ0v) is 15.1. The van der Waals surface area contributed by atoms with Gasteiger partial charge in [-0.05, 0) is 38.2 Å². The van der Waals surface area contributed by atoms with E-state index < -0.39 is 5.41 Å². The summed E-state index contributed by atoms with van der Waals surface area (Å²) in [5, 5.41) is 3.17. The summed E-state index contributed by atoms with van der Waals surface area (Å²) in [7, 11) is 0. The van der Waals surface area contributed by atoms with Crippen LogP contribution in [0, 0.1) is 18.3 Å². The van der Waals surface area contributed by atoms with Gasteiger partial charge in [-0.2, -0.15) is 0 Å². The topological polar surface area (TPSA) is 73.6 Å². The van der Waals surface area contributed by atoms with Crippen molar-refractivity contribution < 1.29 is 14.3 Å². The zero-order valence-electron chi connectivity index (χ0n) is 15.1. The normalized spacial score (nSPS) is 26.2. The number of nitrogens with two attached hydrogens (primary N) is 1. The Bertz CT molecular complexity index is 567. The standard InChI is InChI=1S/C20H30N2O3/c1-15-4-6-16(7-5-15)18-17(3-2-10-25-18)13-22-19(23)20(14-21)8-11-24-12-9-20/h4-7,17-18H,2-3,8-14,21H2,1H3,(H,22,23). The molecule has 3 N–H and O–H groups in total. The smallest absolute Gasteiger partial charge is 0.227 e. The number of ether oxygens (including phenoxy) is 2. The van der Waals surface area contributed by atoms with Crippen molar-refractivity contribution >= 4 is 5.91 Å². The highest BCUT2D eigenvalue weighted by Gasteiger charge is 2.39. The average Bonchev–Trinajstić information content (AvgIpc) is 2.67. The largest absolute Gasteiger partial charge is 0.381 e. The molecule has 0 aromatic heterocycles. The van der Waals surface area contributed by atoms with Crippen molar-refractivity contribution in [2.45, 2.75) is 38.7 Å². The van der Waals surface area contributed by atoms with Crippen molar-refractivity contribution in [3.8, 4) is 0 Å². The Labute approximate surface area is 150 Å². The van der Waals surface area contributed by atoms with Gasteiger partial charge in [0.1, 0.15) is 0 Å². The van der Waals surface area contributed by atoms with Crippen LogP contribution < -0.4 is 11.1 Å². The minimum Gasteiger partial charge on any atom is -0.381 e. The van der Waals surface area contributed by atoms with Gasteiger partial charge in [0.2, 0.25) is 5.91 Å². The number of hydrogen-bond acceptors (Lipinski definition) is 4. The predicted molar refractivity (Wildman–Crippen MR) is 97.1 cm³/mol. The van der Waals surface area contributed by atoms with Crippen molar-refractivity contribution in [3.63, 3.8) is 0 Å². The van der Waals surface area contributed by atoms with E-state index in [0.29, 0.717) is 45.1 Å². The average molecular weight is 346 g/mol. The number of amides is 1. The number of rotatable bonds is 5. The molecule has 0 saturated carbocycles. The summed E-state index contributed by atoms with van der Waals surface area (Å²) in [6.45, 7) is 5.12. The Morgan fingerprint density at radius 2 is 1.96 bits per heavy atom. The third-order valence-electron chi connectivity index (χ3n) is 5.70. The fourth-order valence-corrected chi connectivity index (χ4v) is 3.87. The molecule has 0 radical (unpaired) electrons. The monoisotopic (exact) mass is 346 g/mol. The molecule has 2 saturated heterocycles. The van der Waals surface area contributed by atoms with Crippen molar-refractivity contribution in [1.82, 2.24) is 5.32 Å². The molecular weight excluding hydrogens is 316 g/mol. The molecule has 5 nitrogen and oxygen atoms in total. The second-order valence-corrected chi connectivity index (χ2v) is 7.41. The molecule has 0 spiro atoms. The fourth-order valence-electron chi connectivity index (χ4n) is 3.87. The van der Waals surface area contributed by atoms with Gasteiger partial charge < -0.3 is 20.5 Å². The van der Waals surface area contributed by atoms with Crippen molar-refractivity contribution in [3.05, 3.63) is 35.4 Å². The lowest BCUT2D eigenvalue weighted by molar-refractivity contribution is -0.136. The molecule has 2 heterocycles. The number of hydrogen-bond donors (Lipinski definition) is 2. The predicted octanol–water partition coefficient (Wildman–Crippen LogP) is 2.33. The van der Waals surface area contributed by atoms with Crippen molar-refractivity contribution in [1.29, 1.82) is 0 Å². The number of carbonyl (C=O) groups excluding carboxylic acids is 1. The van der Waals surface area contributed by atoms with Crippen LogP contribution in [0.4, 0.5) is 0 Å². The van der Waals surface area contributed by atoms with E-state index in [1.807, 2.05) is 0 Å². The number of aryl methyl sites for hydroxylation is 1. The molecule has 2 aliphatic heterocycles. The van der Waals surface area contributed by atoms with Crippen LogP contribution in [0.25, 0.3) is 0 Å². The second-order valence-electron chi connectivity index (χ2n) is 7.41. The van der Waals surface area contributed by atoms with Gasteiger partial charge in [0, 0.05) is 38.8 Å². The van der Waals surface area contributed by atoms with Crippen LogP contribution >= 0.6 is 0 Å². The summed E-state index contributed by atoms with van der Waals surface area (Å²) in [4.78, 5) is 12.8. The lowest BCUT2D eigenvalue weighted by atomic mass is 9.79. The highest BCUT2D eigenvalue weighted by molar-refractivity contribution is 5.83. The summed E-state index contributed by atoms with van der Waals surface area (Å²) in [5.74, 6) is 0.376. The van der Waals surface area contributed by atoms with Crippen LogP contribution in [0.1, 0.15) is 42.9 Å². The first-order valence-corrected chi connectivity index (χ1v) is 9.39. The summed E-state index contributed by atoms with van der Waals surface area (Å²) >= 11 is 0.